The van der Waals surface area contributed by atoms with Gasteiger partial charge in [-0.2, -0.15) is 0 Å². The summed E-state index contributed by atoms with van der Waals surface area (Å²) in [5.41, 5.74) is 5.19. The average Bonchev–Trinajstić information content (AvgIpc) is 3.42. The summed E-state index contributed by atoms with van der Waals surface area (Å²) in [4.78, 5) is 0. The van der Waals surface area contributed by atoms with Crippen LogP contribution in [0.25, 0.3) is 0 Å². The lowest BCUT2D eigenvalue weighted by molar-refractivity contribution is 0.112. The van der Waals surface area contributed by atoms with Gasteiger partial charge in [-0.05, 0) is 146 Å². The molecular weight excluding hydrogens is 733 g/mol. The number of allylic oxidation sites excluding steroid dienone is 7. The maximum Gasteiger partial charge on any atom is 0.192 e. The van der Waals surface area contributed by atoms with Gasteiger partial charge in [0.15, 0.2) is 25.0 Å². The fourth-order valence-electron chi connectivity index (χ4n) is 8.76. The van der Waals surface area contributed by atoms with Gasteiger partial charge in [0.05, 0.1) is 18.8 Å². The first-order valence-corrected chi connectivity index (χ1v) is 31.6. The smallest absolute Gasteiger partial charge is 0.192 e. The molecule has 0 aromatic rings. The molecule has 0 radical (unpaired) electrons. The van der Waals surface area contributed by atoms with E-state index in [4.69, 9.17) is 13.3 Å². The van der Waals surface area contributed by atoms with Crippen molar-refractivity contribution in [1.82, 2.24) is 0 Å². The second-order valence-electron chi connectivity index (χ2n) is 23.5. The predicted octanol–water partition coefficient (Wildman–Crippen LogP) is 16.2. The number of rotatable bonds is 14. The number of fused-ring (bicyclic) bond motifs is 1. The van der Waals surface area contributed by atoms with E-state index in [-0.39, 0.29) is 27.3 Å². The maximum atomic E-state index is 7.44. The average molecular weight is 826 g/mol. The van der Waals surface area contributed by atoms with Crippen LogP contribution in [0, 0.1) is 28.6 Å². The molecule has 0 spiro atoms. The van der Waals surface area contributed by atoms with Crippen LogP contribution in [0.5, 0.6) is 0 Å². The third-order valence-electron chi connectivity index (χ3n) is 16.5. The molecular formula is C50H92O3Si3. The van der Waals surface area contributed by atoms with E-state index in [2.05, 4.69) is 179 Å². The van der Waals surface area contributed by atoms with Gasteiger partial charge < -0.3 is 13.3 Å². The third kappa shape index (κ3) is 12.0. The van der Waals surface area contributed by atoms with Gasteiger partial charge >= 0.3 is 0 Å². The summed E-state index contributed by atoms with van der Waals surface area (Å²) in [5, 5.41) is 0.407. The summed E-state index contributed by atoms with van der Waals surface area (Å²) in [6.45, 7) is 48.3. The number of hydrogen-bond donors (Lipinski definition) is 0. The van der Waals surface area contributed by atoms with Crippen LogP contribution in [0.2, 0.25) is 54.4 Å². The predicted molar refractivity (Wildman–Crippen MR) is 255 cm³/mol. The molecule has 0 N–H and O–H groups in total. The first kappa shape index (κ1) is 49.6. The summed E-state index contributed by atoms with van der Waals surface area (Å²) in [5.74, 6) is 2.00. The molecule has 3 aliphatic carbocycles. The molecule has 3 aliphatic rings. The molecule has 3 fully saturated rings. The molecule has 4 unspecified atom stereocenters. The topological polar surface area (TPSA) is 27.7 Å². The highest BCUT2D eigenvalue weighted by Crippen LogP contribution is 2.59. The Morgan fingerprint density at radius 3 is 1.73 bits per heavy atom. The monoisotopic (exact) mass is 825 g/mol. The van der Waals surface area contributed by atoms with Crippen molar-refractivity contribution in [3.8, 4) is 0 Å². The highest BCUT2D eigenvalue weighted by molar-refractivity contribution is 6.75. The van der Waals surface area contributed by atoms with Crippen molar-refractivity contribution in [3.05, 3.63) is 59.3 Å². The van der Waals surface area contributed by atoms with E-state index in [1.165, 1.54) is 56.1 Å². The molecule has 0 bridgehead atoms. The minimum atomic E-state index is -2.09. The van der Waals surface area contributed by atoms with E-state index in [9.17, 15) is 0 Å². The van der Waals surface area contributed by atoms with Gasteiger partial charge in [-0.25, -0.2) is 0 Å². The Labute approximate surface area is 352 Å². The van der Waals surface area contributed by atoms with E-state index in [0.29, 0.717) is 29.3 Å². The van der Waals surface area contributed by atoms with Gasteiger partial charge in [0.25, 0.3) is 0 Å². The SMILES string of the molecule is CCC(C)(/C=C/C=C/[C@@H](C)C1CCC2/C(=C/C=C3\CC(O[Si](C)(C)C(C)(C)C)C(=CCO[Si](C)(C)C(C)(C)C)[C@H](O[Si](C)(C)C(C)(C)C)C3)CCCC21C)CC. The van der Waals surface area contributed by atoms with E-state index in [1.807, 2.05) is 0 Å². The summed E-state index contributed by atoms with van der Waals surface area (Å²) >= 11 is 0. The first-order chi connectivity index (χ1) is 25.4. The van der Waals surface area contributed by atoms with Crippen LogP contribution >= 0.6 is 0 Å². The molecule has 0 aliphatic heterocycles. The zero-order valence-electron chi connectivity index (χ0n) is 40.7. The minimum absolute atomic E-state index is 0.00811. The molecule has 0 aromatic carbocycles. The summed E-state index contributed by atoms with van der Waals surface area (Å²) in [7, 11) is -6.10. The van der Waals surface area contributed by atoms with Crippen LogP contribution < -0.4 is 0 Å². The molecule has 322 valence electrons. The van der Waals surface area contributed by atoms with Crippen molar-refractivity contribution in [3.63, 3.8) is 0 Å². The molecule has 0 saturated heterocycles. The number of hydrogen-bond acceptors (Lipinski definition) is 3. The molecule has 56 heavy (non-hydrogen) atoms. The van der Waals surface area contributed by atoms with Gasteiger partial charge in [-0.3, -0.25) is 0 Å². The quantitative estimate of drug-likeness (QED) is 0.0992. The maximum absolute atomic E-state index is 7.44. The fraction of sp³-hybridized carbons (Fsp3) is 0.800. The summed E-state index contributed by atoms with van der Waals surface area (Å²) in [6.07, 6.45) is 28.0. The zero-order valence-corrected chi connectivity index (χ0v) is 43.7. The Bertz CT molecular complexity index is 1410. The lowest BCUT2D eigenvalue weighted by Gasteiger charge is -2.46. The van der Waals surface area contributed by atoms with Crippen molar-refractivity contribution in [2.45, 2.75) is 221 Å². The Balaban J connectivity index is 2.01. The first-order valence-electron chi connectivity index (χ1n) is 22.9. The second-order valence-corrected chi connectivity index (χ2v) is 37.9. The minimum Gasteiger partial charge on any atom is -0.413 e. The van der Waals surface area contributed by atoms with E-state index >= 15 is 0 Å². The van der Waals surface area contributed by atoms with Crippen molar-refractivity contribution in [2.24, 2.45) is 28.6 Å². The Hall–Kier alpha value is -0.769. The van der Waals surface area contributed by atoms with E-state index < -0.39 is 25.0 Å². The highest BCUT2D eigenvalue weighted by atomic mass is 28.4. The summed E-state index contributed by atoms with van der Waals surface area (Å²) < 4.78 is 21.7. The molecule has 3 nitrogen and oxygen atoms in total. The normalized spacial score (nSPS) is 29.3. The van der Waals surface area contributed by atoms with E-state index in [1.54, 1.807) is 5.57 Å². The zero-order chi connectivity index (χ0) is 42.8. The van der Waals surface area contributed by atoms with Crippen LogP contribution in [0.4, 0.5) is 0 Å². The highest BCUT2D eigenvalue weighted by Gasteiger charge is 2.51. The van der Waals surface area contributed by atoms with Crippen LogP contribution in [-0.4, -0.2) is 43.8 Å². The molecule has 3 rings (SSSR count). The van der Waals surface area contributed by atoms with Crippen molar-refractivity contribution < 1.29 is 13.3 Å². The molecule has 3 saturated carbocycles. The molecule has 6 heteroatoms. The van der Waals surface area contributed by atoms with Crippen molar-refractivity contribution in [2.75, 3.05) is 6.61 Å². The Morgan fingerprint density at radius 1 is 0.732 bits per heavy atom. The standard InChI is InChI=1S/C50H92O3Si3/c1-21-49(13,22-2)33-24-23-26-38(3)42-30-31-43-40(27-25-34-50(42,43)14)29-28-39-36-44(52-55(17,18)47(7,8)9)41(32-35-51-54(15,16)46(4,5)6)45(37-39)53-56(19,20)48(10,11)12/h23-24,26,28-29,32-33,38,42-45H,21-22,25,27,30-31,34-37H2,1-20H3/b26-23+,33-24+,39-28-,40-29+,41-32?/t38-,42?,43?,44-,45?,50?/m1/s1. The Kier molecular flexibility index (Phi) is 16.3. The summed E-state index contributed by atoms with van der Waals surface area (Å²) in [6, 6.07) is 0. The molecule has 6 atom stereocenters. The van der Waals surface area contributed by atoms with E-state index in [0.717, 1.165) is 18.8 Å². The second kappa shape index (κ2) is 18.5. The third-order valence-corrected chi connectivity index (χ3v) is 30.0. The molecule has 0 aromatic heterocycles. The van der Waals surface area contributed by atoms with Gasteiger partial charge in [0.2, 0.25) is 0 Å². The van der Waals surface area contributed by atoms with Gasteiger partial charge in [-0.15, -0.1) is 0 Å². The van der Waals surface area contributed by atoms with Gasteiger partial charge in [0, 0.05) is 0 Å². The van der Waals surface area contributed by atoms with Gasteiger partial charge in [0.1, 0.15) is 0 Å². The van der Waals surface area contributed by atoms with Crippen molar-refractivity contribution in [1.29, 1.82) is 0 Å². The van der Waals surface area contributed by atoms with Gasteiger partial charge in [-0.1, -0.05) is 151 Å². The van der Waals surface area contributed by atoms with Crippen LogP contribution in [-0.2, 0) is 13.3 Å². The Morgan fingerprint density at radius 2 is 1.25 bits per heavy atom. The van der Waals surface area contributed by atoms with Crippen LogP contribution in [0.15, 0.2) is 59.3 Å². The van der Waals surface area contributed by atoms with Crippen LogP contribution in [0.3, 0.4) is 0 Å². The molecule has 0 heterocycles. The fourth-order valence-corrected chi connectivity index (χ4v) is 12.3. The lowest BCUT2D eigenvalue weighted by Crippen LogP contribution is -2.50. The lowest BCUT2D eigenvalue weighted by atomic mass is 9.61. The largest absolute Gasteiger partial charge is 0.413 e. The van der Waals surface area contributed by atoms with Crippen LogP contribution in [0.1, 0.15) is 155 Å². The van der Waals surface area contributed by atoms with Crippen molar-refractivity contribution >= 4 is 25.0 Å². The molecule has 0 amide bonds.